The van der Waals surface area contributed by atoms with Crippen molar-refractivity contribution in [2.45, 2.75) is 45.8 Å². The number of hydrazine groups is 2. The first-order chi connectivity index (χ1) is 19.2. The molecule has 0 unspecified atom stereocenters. The van der Waals surface area contributed by atoms with Crippen molar-refractivity contribution in [1.82, 2.24) is 10.4 Å². The van der Waals surface area contributed by atoms with Crippen molar-refractivity contribution in [3.63, 3.8) is 0 Å². The van der Waals surface area contributed by atoms with Crippen LogP contribution in [-0.2, 0) is 24.2 Å². The predicted molar refractivity (Wildman–Crippen MR) is 155 cm³/mol. The maximum absolute atomic E-state index is 13.4. The molecule has 0 bridgehead atoms. The molecule has 10 heteroatoms. The molecule has 9 nitrogen and oxygen atoms in total. The van der Waals surface area contributed by atoms with Gasteiger partial charge in [0.25, 0.3) is 5.91 Å². The van der Waals surface area contributed by atoms with Crippen LogP contribution in [0.3, 0.4) is 0 Å². The number of hydrogen-bond donors (Lipinski definition) is 2. The van der Waals surface area contributed by atoms with Gasteiger partial charge in [0.1, 0.15) is 17.2 Å². The number of halogens is 1. The van der Waals surface area contributed by atoms with E-state index in [1.54, 1.807) is 25.3 Å². The Morgan fingerprint density at radius 1 is 1.12 bits per heavy atom. The summed E-state index contributed by atoms with van der Waals surface area (Å²) in [5.74, 6) is 0.341. The summed E-state index contributed by atoms with van der Waals surface area (Å²) in [6, 6.07) is 15.2. The standard InChI is InChI=1S/C30H33ClN4O5/c1-18(2)40-21-9-10-23(24(31)16-21)30(38)34-13-12-22-20(17-34)6-5-7-25(22)35-26-14-19(8-11-28(36)37)15-27(39-4)29(26)33(3)32-35/h5-7,9-10,14-16,18,32H,8,11-13,17H2,1-4H3,(H,36,37). The highest BCUT2D eigenvalue weighted by Gasteiger charge is 2.32. The summed E-state index contributed by atoms with van der Waals surface area (Å²) in [4.78, 5) is 26.5. The van der Waals surface area contributed by atoms with Gasteiger partial charge in [0.15, 0.2) is 0 Å². The second-order valence-electron chi connectivity index (χ2n) is 10.3. The Kier molecular flexibility index (Phi) is 7.78. The second-order valence-corrected chi connectivity index (χ2v) is 10.7. The molecule has 2 N–H and O–H groups in total. The van der Waals surface area contributed by atoms with Crippen molar-refractivity contribution < 1.29 is 24.2 Å². The molecule has 0 saturated heterocycles. The van der Waals surface area contributed by atoms with Crippen molar-refractivity contribution in [2.75, 3.05) is 30.7 Å². The normalized spacial score (nSPS) is 14.3. The van der Waals surface area contributed by atoms with Crippen LogP contribution in [0, 0.1) is 0 Å². The number of aryl methyl sites for hydroxylation is 1. The van der Waals surface area contributed by atoms with Gasteiger partial charge in [0, 0.05) is 26.6 Å². The Hall–Kier alpha value is -3.95. The lowest BCUT2D eigenvalue weighted by Gasteiger charge is -2.32. The van der Waals surface area contributed by atoms with Gasteiger partial charge in [0.2, 0.25) is 0 Å². The molecule has 0 saturated carbocycles. The van der Waals surface area contributed by atoms with Gasteiger partial charge in [0.05, 0.1) is 35.2 Å². The zero-order chi connectivity index (χ0) is 28.6. The Labute approximate surface area is 238 Å². The van der Waals surface area contributed by atoms with Crippen LogP contribution in [-0.4, -0.2) is 48.7 Å². The summed E-state index contributed by atoms with van der Waals surface area (Å²) in [6.45, 7) is 4.88. The van der Waals surface area contributed by atoms with Gasteiger partial charge in [-0.15, -0.1) is 5.53 Å². The van der Waals surface area contributed by atoms with Crippen molar-refractivity contribution in [3.05, 3.63) is 75.8 Å². The molecule has 0 atom stereocenters. The quantitative estimate of drug-likeness (QED) is 0.378. The lowest BCUT2D eigenvalue weighted by molar-refractivity contribution is -0.136. The number of carboxylic acid groups (broad SMARTS) is 1. The number of nitrogens with one attached hydrogen (secondary N) is 1. The predicted octanol–water partition coefficient (Wildman–Crippen LogP) is 5.36. The Morgan fingerprint density at radius 2 is 1.93 bits per heavy atom. The van der Waals surface area contributed by atoms with Gasteiger partial charge < -0.3 is 19.5 Å². The van der Waals surface area contributed by atoms with Crippen LogP contribution in [0.4, 0.5) is 17.1 Å². The number of nitrogens with zero attached hydrogens (tertiary/aromatic N) is 3. The first-order valence-electron chi connectivity index (χ1n) is 13.3. The lowest BCUT2D eigenvalue weighted by atomic mass is 9.96. The van der Waals surface area contributed by atoms with Crippen LogP contribution in [0.2, 0.25) is 5.02 Å². The smallest absolute Gasteiger partial charge is 0.303 e. The van der Waals surface area contributed by atoms with E-state index < -0.39 is 5.97 Å². The largest absolute Gasteiger partial charge is 0.494 e. The lowest BCUT2D eigenvalue weighted by Crippen LogP contribution is -2.41. The third kappa shape index (κ3) is 5.39. The van der Waals surface area contributed by atoms with E-state index in [2.05, 4.69) is 5.53 Å². The van der Waals surface area contributed by atoms with E-state index in [9.17, 15) is 14.7 Å². The van der Waals surface area contributed by atoms with E-state index in [1.807, 2.05) is 66.1 Å². The molecule has 3 aromatic carbocycles. The fourth-order valence-electron chi connectivity index (χ4n) is 5.30. The van der Waals surface area contributed by atoms with E-state index >= 15 is 0 Å². The Bertz CT molecular complexity index is 1460. The molecule has 0 aromatic heterocycles. The number of rotatable bonds is 8. The average Bonchev–Trinajstić information content (AvgIpc) is 3.26. The highest BCUT2D eigenvalue weighted by Crippen LogP contribution is 2.46. The molecule has 3 aromatic rings. The van der Waals surface area contributed by atoms with Gasteiger partial charge in [-0.05, 0) is 79.8 Å². The molecule has 2 aliphatic heterocycles. The summed E-state index contributed by atoms with van der Waals surface area (Å²) < 4.78 is 11.4. The highest BCUT2D eigenvalue weighted by molar-refractivity contribution is 6.34. The average molecular weight is 565 g/mol. The van der Waals surface area contributed by atoms with Crippen molar-refractivity contribution in [3.8, 4) is 11.5 Å². The Morgan fingerprint density at radius 3 is 2.62 bits per heavy atom. The zero-order valence-electron chi connectivity index (χ0n) is 23.0. The number of hydrogen-bond acceptors (Lipinski definition) is 7. The molecular formula is C30H33ClN4O5. The number of carbonyl (C=O) groups excluding carboxylic acids is 1. The van der Waals surface area contributed by atoms with Crippen LogP contribution < -0.4 is 25.0 Å². The minimum atomic E-state index is -0.844. The van der Waals surface area contributed by atoms with Crippen molar-refractivity contribution in [2.24, 2.45) is 0 Å². The van der Waals surface area contributed by atoms with E-state index in [1.165, 1.54) is 0 Å². The molecule has 1 amide bonds. The molecule has 210 valence electrons. The molecular weight excluding hydrogens is 532 g/mol. The summed E-state index contributed by atoms with van der Waals surface area (Å²) in [5.41, 5.74) is 9.65. The van der Waals surface area contributed by atoms with E-state index in [0.717, 1.165) is 33.8 Å². The van der Waals surface area contributed by atoms with Gasteiger partial charge in [-0.3, -0.25) is 19.6 Å². The van der Waals surface area contributed by atoms with Crippen LogP contribution in [0.1, 0.15) is 47.3 Å². The third-order valence-corrected chi connectivity index (χ3v) is 7.41. The molecule has 2 aliphatic rings. The zero-order valence-corrected chi connectivity index (χ0v) is 23.8. The number of benzene rings is 3. The molecule has 0 aliphatic carbocycles. The molecule has 40 heavy (non-hydrogen) atoms. The molecule has 0 fully saturated rings. The van der Waals surface area contributed by atoms with Crippen LogP contribution in [0.25, 0.3) is 0 Å². The number of anilines is 3. The minimum absolute atomic E-state index is 0.0136. The second kappa shape index (κ2) is 11.3. The monoisotopic (exact) mass is 564 g/mol. The minimum Gasteiger partial charge on any atom is -0.494 e. The summed E-state index contributed by atoms with van der Waals surface area (Å²) >= 11 is 6.49. The van der Waals surface area contributed by atoms with Gasteiger partial charge in [-0.2, -0.15) is 0 Å². The summed E-state index contributed by atoms with van der Waals surface area (Å²) in [6.07, 6.45) is 1.11. The fourth-order valence-corrected chi connectivity index (χ4v) is 5.55. The topological polar surface area (TPSA) is 94.6 Å². The first-order valence-corrected chi connectivity index (χ1v) is 13.6. The molecule has 0 radical (unpaired) electrons. The van der Waals surface area contributed by atoms with Gasteiger partial charge >= 0.3 is 5.97 Å². The maximum atomic E-state index is 13.4. The number of carbonyl (C=O) groups is 2. The van der Waals surface area contributed by atoms with Gasteiger partial charge in [-0.1, -0.05) is 23.7 Å². The van der Waals surface area contributed by atoms with Crippen LogP contribution in [0.5, 0.6) is 11.5 Å². The Balaban J connectivity index is 1.42. The highest BCUT2D eigenvalue weighted by atomic mass is 35.5. The molecule has 2 heterocycles. The number of methoxy groups -OCH3 is 1. The van der Waals surface area contributed by atoms with Crippen LogP contribution in [0.15, 0.2) is 48.5 Å². The summed E-state index contributed by atoms with van der Waals surface area (Å²) in [7, 11) is 3.52. The van der Waals surface area contributed by atoms with Crippen molar-refractivity contribution in [1.29, 1.82) is 0 Å². The van der Waals surface area contributed by atoms with Crippen LogP contribution >= 0.6 is 11.6 Å². The van der Waals surface area contributed by atoms with Gasteiger partial charge in [-0.25, -0.2) is 0 Å². The van der Waals surface area contributed by atoms with E-state index in [-0.39, 0.29) is 18.4 Å². The van der Waals surface area contributed by atoms with Crippen molar-refractivity contribution >= 4 is 40.5 Å². The number of ether oxygens (including phenoxy) is 2. The third-order valence-electron chi connectivity index (χ3n) is 7.10. The summed E-state index contributed by atoms with van der Waals surface area (Å²) in [5, 5.41) is 13.5. The van der Waals surface area contributed by atoms with E-state index in [4.69, 9.17) is 21.1 Å². The maximum Gasteiger partial charge on any atom is 0.303 e. The molecule has 5 rings (SSSR count). The SMILES string of the molecule is COc1cc(CCC(=O)O)cc2c1N(C)NN2c1cccc2c1CCN(C(=O)c1ccc(OC(C)C)cc1Cl)C2. The number of aliphatic carboxylic acids is 1. The fraction of sp³-hybridized carbons (Fsp3) is 0.333. The van der Waals surface area contributed by atoms with E-state index in [0.29, 0.717) is 48.0 Å². The molecule has 0 spiro atoms. The number of amides is 1. The number of carboxylic acids is 1. The number of fused-ring (bicyclic) bond motifs is 2. The first kappa shape index (κ1) is 27.6.